The molecule has 2 bridgehead atoms. The molecule has 0 spiro atoms. The van der Waals surface area contributed by atoms with Crippen LogP contribution in [0.4, 0.5) is 20.6 Å². The van der Waals surface area contributed by atoms with E-state index in [9.17, 15) is 14.0 Å². The van der Waals surface area contributed by atoms with Crippen LogP contribution in [0.3, 0.4) is 0 Å². The number of benzene rings is 2. The number of nitrogens with zero attached hydrogens (tertiary/aromatic N) is 2. The number of fused-ring (bicyclic) bond motifs is 3. The molecule has 2 unspecified atom stereocenters. The summed E-state index contributed by atoms with van der Waals surface area (Å²) in [6.45, 7) is -0.250. The molecule has 2 fully saturated rings. The van der Waals surface area contributed by atoms with E-state index < -0.39 is 6.03 Å². The first-order valence-electron chi connectivity index (χ1n) is 11.3. The molecular weight excluding hydrogens is 455 g/mol. The van der Waals surface area contributed by atoms with Crippen LogP contribution in [-0.4, -0.2) is 63.8 Å². The predicted molar refractivity (Wildman–Crippen MR) is 129 cm³/mol. The maximum absolute atomic E-state index is 13.0. The molecule has 3 heterocycles. The van der Waals surface area contributed by atoms with E-state index in [0.29, 0.717) is 40.1 Å². The highest BCUT2D eigenvalue weighted by Crippen LogP contribution is 2.34. The minimum absolute atomic E-state index is 0.144. The molecule has 10 nitrogen and oxygen atoms in total. The van der Waals surface area contributed by atoms with Crippen molar-refractivity contribution in [3.05, 3.63) is 54.0 Å². The number of piperidine rings is 1. The van der Waals surface area contributed by atoms with Crippen molar-refractivity contribution >= 4 is 40.7 Å². The largest absolute Gasteiger partial charge is 0.483 e. The number of amides is 3. The number of nitrogens with one attached hydrogen (secondary N) is 4. The second kappa shape index (κ2) is 10.5. The molecule has 184 valence electrons. The molecule has 3 amide bonds. The third-order valence-electron chi connectivity index (χ3n) is 6.57. The zero-order valence-electron chi connectivity index (χ0n) is 19.1. The van der Waals surface area contributed by atoms with Gasteiger partial charge in [0.15, 0.2) is 5.69 Å². The molecule has 2 saturated heterocycles. The Hall–Kier alpha value is -3.99. The Labute approximate surface area is 200 Å². The van der Waals surface area contributed by atoms with Crippen LogP contribution < -0.4 is 16.0 Å². The Balaban J connectivity index is 0.000000917. The summed E-state index contributed by atoms with van der Waals surface area (Å²) in [4.78, 5) is 36.1. The Kier molecular flexibility index (Phi) is 7.25. The number of anilines is 2. The molecule has 11 heteroatoms. The average molecular weight is 483 g/mol. The predicted octanol–water partition coefficient (Wildman–Crippen LogP) is 3.40. The van der Waals surface area contributed by atoms with Gasteiger partial charge in [-0.3, -0.25) is 14.7 Å². The Morgan fingerprint density at radius 1 is 1.09 bits per heavy atom. The summed E-state index contributed by atoms with van der Waals surface area (Å²) in [5.41, 5.74) is 2.02. The van der Waals surface area contributed by atoms with Gasteiger partial charge in [-0.15, -0.1) is 0 Å². The van der Waals surface area contributed by atoms with Crippen molar-refractivity contribution in [2.45, 2.75) is 43.8 Å². The second-order valence-electron chi connectivity index (χ2n) is 8.72. The first kappa shape index (κ1) is 24.1. The molecule has 0 saturated carbocycles. The van der Waals surface area contributed by atoms with Gasteiger partial charge in [0.2, 0.25) is 0 Å². The van der Waals surface area contributed by atoms with E-state index >= 15 is 0 Å². The zero-order chi connectivity index (χ0) is 24.9. The maximum atomic E-state index is 13.0. The molecule has 1 aromatic heterocycles. The Morgan fingerprint density at radius 3 is 2.34 bits per heavy atom. The summed E-state index contributed by atoms with van der Waals surface area (Å²) in [5.74, 6) is -0.585. The van der Waals surface area contributed by atoms with Crippen LogP contribution in [0.1, 0.15) is 36.2 Å². The highest BCUT2D eigenvalue weighted by atomic mass is 19.1. The van der Waals surface area contributed by atoms with Crippen molar-refractivity contribution in [1.82, 2.24) is 20.4 Å². The molecule has 35 heavy (non-hydrogen) atoms. The van der Waals surface area contributed by atoms with Crippen LogP contribution in [0.15, 0.2) is 42.5 Å². The van der Waals surface area contributed by atoms with Crippen molar-refractivity contribution in [2.75, 3.05) is 17.7 Å². The summed E-state index contributed by atoms with van der Waals surface area (Å²) in [5, 5.41) is 23.2. The van der Waals surface area contributed by atoms with Crippen molar-refractivity contribution in [2.24, 2.45) is 0 Å². The van der Waals surface area contributed by atoms with Gasteiger partial charge in [0.05, 0.1) is 5.52 Å². The topological polar surface area (TPSA) is 139 Å². The van der Waals surface area contributed by atoms with Crippen molar-refractivity contribution in [1.29, 1.82) is 0 Å². The number of carboxylic acid groups (broad SMARTS) is 1. The van der Waals surface area contributed by atoms with Gasteiger partial charge in [-0.2, -0.15) is 5.10 Å². The minimum Gasteiger partial charge on any atom is -0.483 e. The van der Waals surface area contributed by atoms with Crippen molar-refractivity contribution < 1.29 is 23.9 Å². The summed E-state index contributed by atoms with van der Waals surface area (Å²) in [6, 6.07) is 11.5. The van der Waals surface area contributed by atoms with Gasteiger partial charge < -0.3 is 26.0 Å². The van der Waals surface area contributed by atoms with E-state index in [2.05, 4.69) is 38.1 Å². The number of H-pyrrole nitrogens is 1. The summed E-state index contributed by atoms with van der Waals surface area (Å²) in [7, 11) is 2.17. The lowest BCUT2D eigenvalue weighted by Gasteiger charge is -2.36. The number of urea groups is 1. The van der Waals surface area contributed by atoms with Gasteiger partial charge in [-0.05, 0) is 75.2 Å². The van der Waals surface area contributed by atoms with Gasteiger partial charge in [-0.1, -0.05) is 0 Å². The average Bonchev–Trinajstić information content (AvgIpc) is 3.32. The first-order chi connectivity index (χ1) is 16.9. The minimum atomic E-state index is -0.466. The maximum Gasteiger partial charge on any atom is 0.323 e. The number of rotatable bonds is 4. The zero-order valence-corrected chi connectivity index (χ0v) is 19.1. The third-order valence-corrected chi connectivity index (χ3v) is 6.57. The number of hydrogen-bond donors (Lipinski definition) is 5. The van der Waals surface area contributed by atoms with Crippen LogP contribution in [0.25, 0.3) is 10.9 Å². The SMILES string of the molecule is CN1C2CCC1CC(NC(=O)c1n[nH]c3ccc(NC(=O)Nc4ccc(F)cc4)cc13)C2.O=CO. The van der Waals surface area contributed by atoms with E-state index in [1.165, 1.54) is 37.1 Å². The van der Waals surface area contributed by atoms with E-state index in [4.69, 9.17) is 9.90 Å². The van der Waals surface area contributed by atoms with E-state index in [0.717, 1.165) is 12.8 Å². The van der Waals surface area contributed by atoms with Gasteiger partial charge in [0.1, 0.15) is 5.82 Å². The van der Waals surface area contributed by atoms with Gasteiger partial charge >= 0.3 is 6.03 Å². The Morgan fingerprint density at radius 2 is 1.69 bits per heavy atom. The van der Waals surface area contributed by atoms with Gasteiger partial charge in [0, 0.05) is 34.9 Å². The van der Waals surface area contributed by atoms with Gasteiger partial charge in [-0.25, -0.2) is 9.18 Å². The molecule has 2 aromatic carbocycles. The molecule has 0 aliphatic carbocycles. The number of carbonyl (C=O) groups is 3. The number of halogens is 1. The first-order valence-corrected chi connectivity index (χ1v) is 11.3. The number of aromatic amines is 1. The lowest BCUT2D eigenvalue weighted by atomic mass is 9.98. The van der Waals surface area contributed by atoms with Crippen molar-refractivity contribution in [3.63, 3.8) is 0 Å². The number of aromatic nitrogens is 2. The fraction of sp³-hybridized carbons (Fsp3) is 0.333. The smallest absolute Gasteiger partial charge is 0.323 e. The number of hydrogen-bond acceptors (Lipinski definition) is 5. The van der Waals surface area contributed by atoms with Crippen LogP contribution in [0.2, 0.25) is 0 Å². The van der Waals surface area contributed by atoms with Crippen LogP contribution in [-0.2, 0) is 4.79 Å². The van der Waals surface area contributed by atoms with E-state index in [1.807, 2.05) is 0 Å². The molecule has 2 atom stereocenters. The van der Waals surface area contributed by atoms with Crippen LogP contribution in [0, 0.1) is 5.82 Å². The molecule has 2 aliphatic heterocycles. The summed E-state index contributed by atoms with van der Waals surface area (Å²) < 4.78 is 13.0. The van der Waals surface area contributed by atoms with Gasteiger partial charge in [0.25, 0.3) is 12.4 Å². The monoisotopic (exact) mass is 482 g/mol. The second-order valence-corrected chi connectivity index (χ2v) is 8.72. The fourth-order valence-electron chi connectivity index (χ4n) is 4.87. The van der Waals surface area contributed by atoms with E-state index in [1.54, 1.807) is 18.2 Å². The lowest BCUT2D eigenvalue weighted by Crippen LogP contribution is -2.48. The highest BCUT2D eigenvalue weighted by molar-refractivity contribution is 6.07. The normalized spacial score (nSPS) is 21.0. The standard InChI is InChI=1S/C23H25FN6O2.CH2O2/c1-30-17-7-8-18(30)11-16(10-17)25-22(31)21-19-12-15(6-9-20(19)28-29-21)27-23(32)26-14-4-2-13(24)3-5-14;2-1-3/h2-6,9,12,16-18H,7-8,10-11H2,1H3,(H,25,31)(H,28,29)(H2,26,27,32);1H,(H,2,3). The molecule has 2 aliphatic rings. The Bertz CT molecular complexity index is 1200. The molecule has 5 rings (SSSR count). The fourth-order valence-corrected chi connectivity index (χ4v) is 4.87. The van der Waals surface area contributed by atoms with Crippen LogP contribution in [0.5, 0.6) is 0 Å². The molecular formula is C24H27FN6O4. The lowest BCUT2D eigenvalue weighted by molar-refractivity contribution is -0.122. The van der Waals surface area contributed by atoms with E-state index in [-0.39, 0.29) is 24.2 Å². The summed E-state index contributed by atoms with van der Waals surface area (Å²) >= 11 is 0. The molecule has 3 aromatic rings. The molecule has 5 N–H and O–H groups in total. The van der Waals surface area contributed by atoms with Crippen LogP contribution >= 0.6 is 0 Å². The van der Waals surface area contributed by atoms with Crippen molar-refractivity contribution in [3.8, 4) is 0 Å². The molecule has 0 radical (unpaired) electrons. The highest BCUT2D eigenvalue weighted by Gasteiger charge is 2.39. The quantitative estimate of drug-likeness (QED) is 0.361. The third kappa shape index (κ3) is 5.57. The summed E-state index contributed by atoms with van der Waals surface area (Å²) in [6.07, 6.45) is 4.29. The number of carbonyl (C=O) groups excluding carboxylic acids is 2.